The number of nitrogens with one attached hydrogen (secondary N) is 1. The molecule has 1 saturated heterocycles. The second-order valence-electron chi connectivity index (χ2n) is 6.93. The third-order valence-electron chi connectivity index (χ3n) is 5.08. The highest BCUT2D eigenvalue weighted by Gasteiger charge is 2.47. The molecule has 1 N–H and O–H groups in total. The Morgan fingerprint density at radius 1 is 1.30 bits per heavy atom. The Hall–Kier alpha value is -0.650. The zero-order chi connectivity index (χ0) is 17.1. The van der Waals surface area contributed by atoms with Crippen LogP contribution in [0.5, 0.6) is 0 Å². The van der Waals surface area contributed by atoms with Gasteiger partial charge in [-0.05, 0) is 51.0 Å². The minimum Gasteiger partial charge on any atom is -0.460 e. The number of esters is 1. The van der Waals surface area contributed by atoms with Crippen LogP contribution >= 0.6 is 21.8 Å². The van der Waals surface area contributed by atoms with Gasteiger partial charge in [0.25, 0.3) is 0 Å². The van der Waals surface area contributed by atoms with Crippen molar-refractivity contribution in [3.63, 3.8) is 0 Å². The van der Waals surface area contributed by atoms with Crippen molar-refractivity contribution in [1.29, 1.82) is 0 Å². The van der Waals surface area contributed by atoms with E-state index in [4.69, 9.17) is 4.74 Å². The second-order valence-corrected chi connectivity index (χ2v) is 12.4. The van der Waals surface area contributed by atoms with Gasteiger partial charge in [-0.15, -0.1) is 11.8 Å². The van der Waals surface area contributed by atoms with E-state index in [-0.39, 0.29) is 5.97 Å². The number of carbonyl (C=O) groups is 1. The third kappa shape index (κ3) is 4.06. The lowest BCUT2D eigenvalue weighted by atomic mass is 10.2. The highest BCUT2D eigenvalue weighted by Crippen LogP contribution is 2.59. The molecular weight excluding hydrogens is 326 g/mol. The van der Waals surface area contributed by atoms with Gasteiger partial charge in [0.05, 0.1) is 10.1 Å². The van der Waals surface area contributed by atoms with Gasteiger partial charge in [0.2, 0.25) is 0 Å². The van der Waals surface area contributed by atoms with Gasteiger partial charge in [-0.25, -0.2) is 10.0 Å². The molecule has 1 aliphatic rings. The number of thioether (sulfide) groups is 1. The first-order valence-corrected chi connectivity index (χ1v) is 11.8. The largest absolute Gasteiger partial charge is 0.460 e. The molecule has 1 aromatic rings. The van der Waals surface area contributed by atoms with Gasteiger partial charge in [-0.2, -0.15) is 0 Å². The molecule has 5 heteroatoms. The lowest BCUT2D eigenvalue weighted by molar-refractivity contribution is -0.147. The summed E-state index contributed by atoms with van der Waals surface area (Å²) in [6.45, 7) is 4.44. The molecule has 0 aromatic heterocycles. The predicted molar refractivity (Wildman–Crippen MR) is 103 cm³/mol. The molecule has 0 radical (unpaired) electrons. The number of hydrogen-bond donors (Lipinski definition) is 1. The summed E-state index contributed by atoms with van der Waals surface area (Å²) >= 11 is 1.86. The Morgan fingerprint density at radius 2 is 1.96 bits per heavy atom. The Labute approximate surface area is 146 Å². The van der Waals surface area contributed by atoms with Crippen molar-refractivity contribution in [2.24, 2.45) is 0 Å². The molecule has 23 heavy (non-hydrogen) atoms. The van der Waals surface area contributed by atoms with Crippen LogP contribution in [-0.2, 0) is 16.1 Å². The van der Waals surface area contributed by atoms with E-state index in [9.17, 15) is 4.79 Å². The summed E-state index contributed by atoms with van der Waals surface area (Å²) in [6.07, 6.45) is 8.98. The van der Waals surface area contributed by atoms with Gasteiger partial charge in [0.15, 0.2) is 0 Å². The van der Waals surface area contributed by atoms with E-state index in [0.29, 0.717) is 17.4 Å². The maximum atomic E-state index is 12.8. The summed E-state index contributed by atoms with van der Waals surface area (Å²) in [5.41, 5.74) is 1.03. The first-order valence-electron chi connectivity index (χ1n) is 8.01. The van der Waals surface area contributed by atoms with Gasteiger partial charge in [-0.3, -0.25) is 10.1 Å². The van der Waals surface area contributed by atoms with E-state index >= 15 is 0 Å². The summed E-state index contributed by atoms with van der Waals surface area (Å²) in [4.78, 5) is 12.8. The summed E-state index contributed by atoms with van der Waals surface area (Å²) in [7, 11) is -1.18. The van der Waals surface area contributed by atoms with Crippen LogP contribution < -0.4 is 5.32 Å². The lowest BCUT2D eigenvalue weighted by Crippen LogP contribution is -2.46. The SMILES string of the molecule is CSC1CCC(S(C)(C)C(C)(C)C(=O)OCc2ccccc2)N1. The molecule has 2 rings (SSSR count). The first-order chi connectivity index (χ1) is 10.8. The molecule has 130 valence electrons. The van der Waals surface area contributed by atoms with Gasteiger partial charge in [0.1, 0.15) is 6.61 Å². The maximum Gasteiger partial charge on any atom is 0.320 e. The van der Waals surface area contributed by atoms with Crippen LogP contribution in [0.25, 0.3) is 0 Å². The average Bonchev–Trinajstić information content (AvgIpc) is 3.03. The topological polar surface area (TPSA) is 38.3 Å². The molecule has 0 saturated carbocycles. The Morgan fingerprint density at radius 3 is 2.52 bits per heavy atom. The molecule has 1 heterocycles. The standard InChI is InChI=1S/C18H29NO2S2/c1-18(2,17(20)21-13-14-9-7-6-8-10-14)23(4,5)16-12-11-15(19-16)22-3/h6-10,15-16,19H,11-13H2,1-5H3. The summed E-state index contributed by atoms with van der Waals surface area (Å²) in [6, 6.07) is 9.87. The summed E-state index contributed by atoms with van der Waals surface area (Å²) in [5, 5.41) is 4.64. The van der Waals surface area contributed by atoms with Crippen molar-refractivity contribution in [2.45, 2.75) is 48.8 Å². The van der Waals surface area contributed by atoms with Crippen molar-refractivity contribution in [1.82, 2.24) is 5.32 Å². The van der Waals surface area contributed by atoms with Gasteiger partial charge >= 0.3 is 5.97 Å². The minimum absolute atomic E-state index is 0.0873. The monoisotopic (exact) mass is 355 g/mol. The molecule has 0 bridgehead atoms. The fourth-order valence-corrected chi connectivity index (χ4v) is 5.98. The quantitative estimate of drug-likeness (QED) is 0.784. The normalized spacial score (nSPS) is 22.8. The lowest BCUT2D eigenvalue weighted by Gasteiger charge is -2.49. The predicted octanol–water partition coefficient (Wildman–Crippen LogP) is 3.97. The molecule has 2 atom stereocenters. The molecule has 0 aliphatic carbocycles. The number of benzene rings is 1. The molecule has 1 fully saturated rings. The van der Waals surface area contributed by atoms with Crippen LogP contribution in [0.3, 0.4) is 0 Å². The van der Waals surface area contributed by atoms with E-state index in [2.05, 4.69) is 24.1 Å². The van der Waals surface area contributed by atoms with Crippen molar-refractivity contribution in [3.05, 3.63) is 35.9 Å². The minimum atomic E-state index is -1.18. The van der Waals surface area contributed by atoms with E-state index in [1.807, 2.05) is 55.9 Å². The molecule has 0 spiro atoms. The van der Waals surface area contributed by atoms with Crippen LogP contribution in [0.1, 0.15) is 32.3 Å². The van der Waals surface area contributed by atoms with Crippen molar-refractivity contribution in [2.75, 3.05) is 18.8 Å². The van der Waals surface area contributed by atoms with Crippen LogP contribution in [0.2, 0.25) is 0 Å². The van der Waals surface area contributed by atoms with E-state index in [0.717, 1.165) is 12.0 Å². The van der Waals surface area contributed by atoms with Gasteiger partial charge in [-0.1, -0.05) is 30.3 Å². The number of rotatable bonds is 6. The Balaban J connectivity index is 2.02. The number of ether oxygens (including phenoxy) is 1. The van der Waals surface area contributed by atoms with Crippen LogP contribution in [0.4, 0.5) is 0 Å². The molecule has 1 aromatic carbocycles. The fraction of sp³-hybridized carbons (Fsp3) is 0.611. The second kappa shape index (κ2) is 7.49. The van der Waals surface area contributed by atoms with Crippen molar-refractivity contribution < 1.29 is 9.53 Å². The molecule has 3 nitrogen and oxygen atoms in total. The zero-order valence-corrected chi connectivity index (χ0v) is 16.4. The maximum absolute atomic E-state index is 12.8. The highest BCUT2D eigenvalue weighted by molar-refractivity contribution is 8.34. The first kappa shape index (κ1) is 18.7. The summed E-state index contributed by atoms with van der Waals surface area (Å²) < 4.78 is 5.18. The fourth-order valence-electron chi connectivity index (χ4n) is 2.79. The highest BCUT2D eigenvalue weighted by atomic mass is 32.3. The van der Waals surface area contributed by atoms with E-state index in [1.165, 1.54) is 6.42 Å². The summed E-state index contributed by atoms with van der Waals surface area (Å²) in [5.74, 6) is -0.0873. The number of hydrogen-bond acceptors (Lipinski definition) is 4. The number of carbonyl (C=O) groups excluding carboxylic acids is 1. The van der Waals surface area contributed by atoms with Crippen molar-refractivity contribution in [3.8, 4) is 0 Å². The van der Waals surface area contributed by atoms with Crippen LogP contribution in [-0.4, -0.2) is 40.2 Å². The molecule has 1 aliphatic heterocycles. The molecular formula is C18H29NO2S2. The van der Waals surface area contributed by atoms with Crippen LogP contribution in [0.15, 0.2) is 30.3 Å². The Kier molecular flexibility index (Phi) is 6.09. The molecule has 0 amide bonds. The van der Waals surface area contributed by atoms with Crippen LogP contribution in [0, 0.1) is 0 Å². The van der Waals surface area contributed by atoms with E-state index < -0.39 is 14.8 Å². The molecule has 2 unspecified atom stereocenters. The third-order valence-corrected chi connectivity index (χ3v) is 10.6. The van der Waals surface area contributed by atoms with Gasteiger partial charge < -0.3 is 4.74 Å². The Bertz CT molecular complexity index is 531. The smallest absolute Gasteiger partial charge is 0.320 e. The average molecular weight is 356 g/mol. The zero-order valence-electron chi connectivity index (χ0n) is 14.8. The van der Waals surface area contributed by atoms with Crippen molar-refractivity contribution >= 4 is 27.8 Å². The van der Waals surface area contributed by atoms with Gasteiger partial charge in [0, 0.05) is 5.37 Å². The van der Waals surface area contributed by atoms with E-state index in [1.54, 1.807) is 0 Å².